The normalized spacial score (nSPS) is 31.5. The first-order chi connectivity index (χ1) is 11.0. The van der Waals surface area contributed by atoms with Crippen molar-refractivity contribution in [2.45, 2.75) is 50.6 Å². The smallest absolute Gasteiger partial charge is 0.307 e. The van der Waals surface area contributed by atoms with Crippen molar-refractivity contribution >= 4 is 11.9 Å². The Balaban J connectivity index is 1.88. The van der Waals surface area contributed by atoms with Crippen LogP contribution >= 0.6 is 0 Å². The van der Waals surface area contributed by atoms with E-state index in [1.165, 1.54) is 6.92 Å². The van der Waals surface area contributed by atoms with Crippen LogP contribution < -0.4 is 0 Å². The lowest BCUT2D eigenvalue weighted by molar-refractivity contribution is -0.149. The molecule has 2 fully saturated rings. The van der Waals surface area contributed by atoms with Crippen LogP contribution in [0.4, 0.5) is 0 Å². The predicted octanol–water partition coefficient (Wildman–Crippen LogP) is 1.04. The van der Waals surface area contributed by atoms with Crippen molar-refractivity contribution in [1.29, 1.82) is 0 Å². The molecule has 2 saturated heterocycles. The first kappa shape index (κ1) is 16.0. The van der Waals surface area contributed by atoms with Crippen LogP contribution in [0.15, 0.2) is 30.3 Å². The number of likely N-dealkylation sites (tertiary alicyclic amines) is 1. The lowest BCUT2D eigenvalue weighted by atomic mass is 10.0. The van der Waals surface area contributed by atoms with Crippen LogP contribution in [0.1, 0.15) is 31.9 Å². The van der Waals surface area contributed by atoms with Gasteiger partial charge in [-0.2, -0.15) is 0 Å². The number of carbonyl (C=O) groups excluding carboxylic acids is 2. The first-order valence-electron chi connectivity index (χ1n) is 7.82. The van der Waals surface area contributed by atoms with Gasteiger partial charge in [-0.1, -0.05) is 30.3 Å². The molecule has 2 aliphatic heterocycles. The van der Waals surface area contributed by atoms with Gasteiger partial charge < -0.3 is 14.6 Å². The molecule has 124 valence electrons. The van der Waals surface area contributed by atoms with Gasteiger partial charge in [0.1, 0.15) is 18.8 Å². The minimum Gasteiger partial charge on any atom is -0.464 e. The van der Waals surface area contributed by atoms with Crippen LogP contribution in [-0.4, -0.2) is 52.8 Å². The molecule has 6 nitrogen and oxygen atoms in total. The van der Waals surface area contributed by atoms with Crippen LogP contribution in [0.3, 0.4) is 0 Å². The maximum Gasteiger partial charge on any atom is 0.307 e. The molecule has 0 bridgehead atoms. The highest BCUT2D eigenvalue weighted by Gasteiger charge is 2.56. The molecule has 2 heterocycles. The fourth-order valence-electron chi connectivity index (χ4n) is 3.64. The molecule has 2 aliphatic rings. The molecule has 0 amide bonds. The summed E-state index contributed by atoms with van der Waals surface area (Å²) >= 11 is 0. The number of ether oxygens (including phenoxy) is 2. The summed E-state index contributed by atoms with van der Waals surface area (Å²) in [6.45, 7) is 3.44. The van der Waals surface area contributed by atoms with E-state index in [2.05, 4.69) is 4.90 Å². The van der Waals surface area contributed by atoms with E-state index in [1.807, 2.05) is 37.3 Å². The molecule has 23 heavy (non-hydrogen) atoms. The Morgan fingerprint density at radius 3 is 2.78 bits per heavy atom. The molecule has 3 rings (SSSR count). The minimum absolute atomic E-state index is 0.0316. The van der Waals surface area contributed by atoms with Gasteiger partial charge in [0, 0.05) is 13.0 Å². The molecule has 0 spiro atoms. The number of rotatable bonds is 4. The summed E-state index contributed by atoms with van der Waals surface area (Å²) in [5.41, 5.74) is 1.08. The molecule has 6 heteroatoms. The third-order valence-electron chi connectivity index (χ3n) is 4.71. The average molecular weight is 319 g/mol. The van der Waals surface area contributed by atoms with E-state index in [1.54, 1.807) is 0 Å². The van der Waals surface area contributed by atoms with Crippen LogP contribution in [0.5, 0.6) is 0 Å². The molecule has 5 atom stereocenters. The predicted molar refractivity (Wildman–Crippen MR) is 81.4 cm³/mol. The fourth-order valence-corrected chi connectivity index (χ4v) is 3.64. The Bertz CT molecular complexity index is 590. The largest absolute Gasteiger partial charge is 0.464 e. The lowest BCUT2D eigenvalue weighted by Crippen LogP contribution is -2.44. The second-order valence-electron chi connectivity index (χ2n) is 6.12. The fraction of sp³-hybridized carbons (Fsp3) is 0.529. The second-order valence-corrected chi connectivity index (χ2v) is 6.12. The summed E-state index contributed by atoms with van der Waals surface area (Å²) < 4.78 is 10.4. The molecule has 0 radical (unpaired) electrons. The van der Waals surface area contributed by atoms with E-state index < -0.39 is 24.2 Å². The molecule has 0 unspecified atom stereocenters. The molecular formula is C17H21NO5. The van der Waals surface area contributed by atoms with E-state index in [0.29, 0.717) is 0 Å². The topological polar surface area (TPSA) is 76.1 Å². The number of hydrogen-bond acceptors (Lipinski definition) is 6. The number of fused-ring (bicyclic) bond motifs is 1. The van der Waals surface area contributed by atoms with E-state index in [-0.39, 0.29) is 31.1 Å². The Labute approximate surface area is 135 Å². The zero-order chi connectivity index (χ0) is 16.6. The molecule has 1 aromatic carbocycles. The number of carbonyl (C=O) groups is 2. The van der Waals surface area contributed by atoms with Gasteiger partial charge in [-0.05, 0) is 12.5 Å². The molecular weight excluding hydrogens is 298 g/mol. The standard InChI is InChI=1S/C17H21NO5/c1-10(12-6-4-3-5-7-12)18-13-8-15(20)23-17(13)16(21)14(18)9-22-11(2)19/h3-7,10,13-14,16-17,21H,8-9H2,1-2H3/t10-,13-,14+,16-,17+/m1/s1. The number of esters is 2. The Morgan fingerprint density at radius 1 is 1.43 bits per heavy atom. The van der Waals surface area contributed by atoms with Gasteiger partial charge in [0.2, 0.25) is 0 Å². The summed E-state index contributed by atoms with van der Waals surface area (Å²) in [5.74, 6) is -0.686. The van der Waals surface area contributed by atoms with E-state index >= 15 is 0 Å². The molecule has 1 N–H and O–H groups in total. The number of nitrogens with zero attached hydrogens (tertiary/aromatic N) is 1. The molecule has 0 aromatic heterocycles. The summed E-state index contributed by atoms with van der Waals surface area (Å²) in [5, 5.41) is 10.5. The third-order valence-corrected chi connectivity index (χ3v) is 4.71. The van der Waals surface area contributed by atoms with Gasteiger partial charge in [-0.25, -0.2) is 0 Å². The Hall–Kier alpha value is -1.92. The van der Waals surface area contributed by atoms with Gasteiger partial charge in [-0.3, -0.25) is 14.5 Å². The quantitative estimate of drug-likeness (QED) is 0.836. The van der Waals surface area contributed by atoms with Crippen LogP contribution in [0, 0.1) is 0 Å². The van der Waals surface area contributed by atoms with Crippen molar-refractivity contribution in [2.24, 2.45) is 0 Å². The van der Waals surface area contributed by atoms with Crippen molar-refractivity contribution in [1.82, 2.24) is 4.90 Å². The number of aliphatic hydroxyl groups is 1. The minimum atomic E-state index is -0.864. The zero-order valence-corrected chi connectivity index (χ0v) is 13.2. The van der Waals surface area contributed by atoms with Gasteiger partial charge in [0.25, 0.3) is 0 Å². The van der Waals surface area contributed by atoms with Gasteiger partial charge in [0.05, 0.1) is 18.5 Å². The van der Waals surface area contributed by atoms with Gasteiger partial charge in [-0.15, -0.1) is 0 Å². The van der Waals surface area contributed by atoms with Crippen molar-refractivity contribution < 1.29 is 24.2 Å². The van der Waals surface area contributed by atoms with Crippen LogP contribution in [-0.2, 0) is 19.1 Å². The number of hydrogen-bond donors (Lipinski definition) is 1. The van der Waals surface area contributed by atoms with Gasteiger partial charge >= 0.3 is 11.9 Å². The highest BCUT2D eigenvalue weighted by atomic mass is 16.6. The molecule has 0 aliphatic carbocycles. The average Bonchev–Trinajstić information content (AvgIpc) is 3.02. The van der Waals surface area contributed by atoms with E-state index in [9.17, 15) is 14.7 Å². The highest BCUT2D eigenvalue weighted by molar-refractivity contribution is 5.73. The maximum atomic E-state index is 11.6. The van der Waals surface area contributed by atoms with Crippen molar-refractivity contribution in [3.05, 3.63) is 35.9 Å². The van der Waals surface area contributed by atoms with Crippen LogP contribution in [0.25, 0.3) is 0 Å². The monoisotopic (exact) mass is 319 g/mol. The van der Waals surface area contributed by atoms with Crippen molar-refractivity contribution in [2.75, 3.05) is 6.61 Å². The van der Waals surface area contributed by atoms with E-state index in [4.69, 9.17) is 9.47 Å². The zero-order valence-electron chi connectivity index (χ0n) is 13.2. The lowest BCUT2D eigenvalue weighted by Gasteiger charge is -2.34. The Morgan fingerprint density at radius 2 is 2.13 bits per heavy atom. The molecule has 1 aromatic rings. The van der Waals surface area contributed by atoms with Crippen LogP contribution in [0.2, 0.25) is 0 Å². The summed E-state index contributed by atoms with van der Waals surface area (Å²) in [4.78, 5) is 24.8. The third kappa shape index (κ3) is 2.96. The Kier molecular flexibility index (Phi) is 4.37. The van der Waals surface area contributed by atoms with Gasteiger partial charge in [0.15, 0.2) is 0 Å². The van der Waals surface area contributed by atoms with E-state index in [0.717, 1.165) is 5.56 Å². The second kappa shape index (κ2) is 6.29. The first-order valence-corrected chi connectivity index (χ1v) is 7.82. The molecule has 0 saturated carbocycles. The number of benzene rings is 1. The summed E-state index contributed by atoms with van der Waals surface area (Å²) in [6, 6.07) is 9.23. The summed E-state index contributed by atoms with van der Waals surface area (Å²) in [7, 11) is 0. The van der Waals surface area contributed by atoms with Crippen molar-refractivity contribution in [3.8, 4) is 0 Å². The number of aliphatic hydroxyl groups excluding tert-OH is 1. The maximum absolute atomic E-state index is 11.6. The SMILES string of the molecule is CC(=O)OC[C@H]1[C@@H](O)[C@H]2OC(=O)C[C@H]2N1[C@H](C)c1ccccc1. The highest BCUT2D eigenvalue weighted by Crippen LogP contribution is 2.40. The van der Waals surface area contributed by atoms with Crippen molar-refractivity contribution in [3.63, 3.8) is 0 Å². The summed E-state index contributed by atoms with van der Waals surface area (Å²) in [6.07, 6.45) is -1.18.